The Morgan fingerprint density at radius 1 is 1.10 bits per heavy atom. The lowest BCUT2D eigenvalue weighted by Gasteiger charge is -2.29. The van der Waals surface area contributed by atoms with Crippen LogP contribution in [0.5, 0.6) is 0 Å². The van der Waals surface area contributed by atoms with Crippen molar-refractivity contribution < 1.29 is 27.5 Å². The van der Waals surface area contributed by atoms with Crippen LogP contribution in [0.2, 0.25) is 0 Å². The highest BCUT2D eigenvalue weighted by atomic mass is 19.4. The minimum Gasteiger partial charge on any atom is -0.436 e. The average molecular weight is 434 g/mol. The fourth-order valence-corrected chi connectivity index (χ4v) is 3.43. The van der Waals surface area contributed by atoms with Crippen LogP contribution < -0.4 is 5.32 Å². The van der Waals surface area contributed by atoms with Crippen molar-refractivity contribution in [1.29, 1.82) is 0 Å². The predicted octanol–water partition coefficient (Wildman–Crippen LogP) is 5.47. The number of anilines is 1. The molecule has 0 saturated carbocycles. The van der Waals surface area contributed by atoms with Gasteiger partial charge >= 0.3 is 12.3 Å². The van der Waals surface area contributed by atoms with Crippen molar-refractivity contribution in [3.63, 3.8) is 0 Å². The van der Waals surface area contributed by atoms with E-state index in [4.69, 9.17) is 4.74 Å². The van der Waals surface area contributed by atoms with E-state index in [-0.39, 0.29) is 24.6 Å². The van der Waals surface area contributed by atoms with E-state index in [1.807, 2.05) is 6.07 Å². The molecular weight excluding hydrogens is 409 g/mol. The number of carbonyl (C=O) groups is 2. The summed E-state index contributed by atoms with van der Waals surface area (Å²) in [6.07, 6.45) is -6.70. The smallest absolute Gasteiger partial charge is 0.411 e. The number of hydrogen-bond acceptors (Lipinski definition) is 3. The summed E-state index contributed by atoms with van der Waals surface area (Å²) in [7, 11) is 0. The minimum absolute atomic E-state index is 0.139. The van der Waals surface area contributed by atoms with E-state index in [1.165, 1.54) is 17.0 Å². The van der Waals surface area contributed by atoms with Crippen molar-refractivity contribution in [3.8, 4) is 0 Å². The van der Waals surface area contributed by atoms with Gasteiger partial charge < -0.3 is 10.1 Å². The molecule has 0 aromatic heterocycles. The van der Waals surface area contributed by atoms with E-state index in [2.05, 4.69) is 5.32 Å². The van der Waals surface area contributed by atoms with Crippen LogP contribution in [0.4, 0.5) is 23.7 Å². The zero-order valence-electron chi connectivity index (χ0n) is 17.6. The second kappa shape index (κ2) is 8.24. The maximum atomic E-state index is 13.5. The Bertz CT molecular complexity index is 955. The first-order valence-corrected chi connectivity index (χ1v) is 9.89. The van der Waals surface area contributed by atoms with Gasteiger partial charge in [0.25, 0.3) is 0 Å². The molecule has 1 N–H and O–H groups in total. The number of benzene rings is 2. The molecule has 0 bridgehead atoms. The molecule has 0 aliphatic carbocycles. The van der Waals surface area contributed by atoms with E-state index in [9.17, 15) is 22.8 Å². The summed E-state index contributed by atoms with van der Waals surface area (Å²) in [4.78, 5) is 26.1. The van der Waals surface area contributed by atoms with Crippen LogP contribution in [0.3, 0.4) is 0 Å². The Balaban J connectivity index is 1.92. The first-order chi connectivity index (χ1) is 14.4. The Labute approximate surface area is 179 Å². The van der Waals surface area contributed by atoms with Crippen LogP contribution in [0.25, 0.3) is 0 Å². The van der Waals surface area contributed by atoms with Gasteiger partial charge in [0.15, 0.2) is 5.60 Å². The number of halogens is 3. The van der Waals surface area contributed by atoms with Crippen molar-refractivity contribution in [1.82, 2.24) is 4.90 Å². The highest BCUT2D eigenvalue weighted by Gasteiger charge is 2.53. The Morgan fingerprint density at radius 3 is 2.39 bits per heavy atom. The van der Waals surface area contributed by atoms with E-state index in [0.29, 0.717) is 5.69 Å². The number of alkyl halides is 3. The largest absolute Gasteiger partial charge is 0.436 e. The van der Waals surface area contributed by atoms with Gasteiger partial charge in [-0.25, -0.2) is 4.79 Å². The molecule has 1 unspecified atom stereocenters. The van der Waals surface area contributed by atoms with E-state index in [0.717, 1.165) is 5.56 Å². The summed E-state index contributed by atoms with van der Waals surface area (Å²) >= 11 is 0. The second-order valence-electron chi connectivity index (χ2n) is 8.78. The third-order valence-electron chi connectivity index (χ3n) is 5.02. The van der Waals surface area contributed by atoms with Gasteiger partial charge in [-0.1, -0.05) is 63.2 Å². The van der Waals surface area contributed by atoms with Crippen molar-refractivity contribution in [2.75, 3.05) is 11.9 Å². The van der Waals surface area contributed by atoms with Gasteiger partial charge in [-0.15, -0.1) is 0 Å². The number of cyclic esters (lactones) is 1. The van der Waals surface area contributed by atoms with Gasteiger partial charge in [0.1, 0.15) is 0 Å². The maximum Gasteiger partial charge on any atom is 0.411 e. The lowest BCUT2D eigenvalue weighted by Crippen LogP contribution is -2.37. The number of nitrogens with one attached hydrogen (secondary N) is 1. The monoisotopic (exact) mass is 434 g/mol. The standard InChI is InChI=1S/C23H25F3N2O3/c1-21(2,3)19(29)27-18-11-7-10-17(12-18)22(14-23(24,25)26)15-28(20(30)31-22)13-16-8-5-4-6-9-16/h4-12H,13-15H2,1-3H3,(H,27,29). The van der Waals surface area contributed by atoms with Crippen LogP contribution in [0, 0.1) is 5.41 Å². The Hall–Kier alpha value is -3.03. The third kappa shape index (κ3) is 5.57. The fraction of sp³-hybridized carbons (Fsp3) is 0.391. The normalized spacial score (nSPS) is 19.3. The molecule has 1 heterocycles. The molecule has 2 aromatic carbocycles. The third-order valence-corrected chi connectivity index (χ3v) is 5.02. The summed E-state index contributed by atoms with van der Waals surface area (Å²) < 4.78 is 45.9. The number of carbonyl (C=O) groups excluding carboxylic acids is 2. The zero-order chi connectivity index (χ0) is 22.9. The topological polar surface area (TPSA) is 58.6 Å². The molecule has 1 saturated heterocycles. The zero-order valence-corrected chi connectivity index (χ0v) is 17.6. The second-order valence-corrected chi connectivity index (χ2v) is 8.78. The van der Waals surface area contributed by atoms with Gasteiger partial charge in [0, 0.05) is 17.6 Å². The van der Waals surface area contributed by atoms with E-state index >= 15 is 0 Å². The lowest BCUT2D eigenvalue weighted by molar-refractivity contribution is -0.171. The van der Waals surface area contributed by atoms with Crippen LogP contribution >= 0.6 is 0 Å². The minimum atomic E-state index is -4.56. The van der Waals surface area contributed by atoms with Crippen molar-refractivity contribution in [2.45, 2.75) is 45.5 Å². The molecule has 2 aromatic rings. The first kappa shape index (κ1) is 22.7. The molecule has 1 fully saturated rings. The van der Waals surface area contributed by atoms with Gasteiger partial charge in [0.2, 0.25) is 5.91 Å². The van der Waals surface area contributed by atoms with Gasteiger partial charge in [-0.2, -0.15) is 13.2 Å². The molecule has 1 aliphatic heterocycles. The number of rotatable bonds is 5. The molecule has 3 rings (SSSR count). The Morgan fingerprint density at radius 2 is 1.77 bits per heavy atom. The van der Waals surface area contributed by atoms with E-state index in [1.54, 1.807) is 57.2 Å². The molecule has 0 radical (unpaired) electrons. The SMILES string of the molecule is CC(C)(C)C(=O)Nc1cccc(C2(CC(F)(F)F)CN(Cc3ccccc3)C(=O)O2)c1. The van der Waals surface area contributed by atoms with Crippen molar-refractivity contribution in [2.24, 2.45) is 5.41 Å². The summed E-state index contributed by atoms with van der Waals surface area (Å²) in [6, 6.07) is 15.0. The average Bonchev–Trinajstić information content (AvgIpc) is 2.96. The number of hydrogen-bond donors (Lipinski definition) is 1. The molecule has 31 heavy (non-hydrogen) atoms. The van der Waals surface area contributed by atoms with Gasteiger partial charge in [0.05, 0.1) is 13.0 Å². The maximum absolute atomic E-state index is 13.5. The van der Waals surface area contributed by atoms with Gasteiger partial charge in [-0.3, -0.25) is 9.69 Å². The molecule has 166 valence electrons. The number of ether oxygens (including phenoxy) is 1. The summed E-state index contributed by atoms with van der Waals surface area (Å²) in [5.74, 6) is -0.274. The molecule has 2 amide bonds. The predicted molar refractivity (Wildman–Crippen MR) is 110 cm³/mol. The molecule has 0 spiro atoms. The molecule has 1 aliphatic rings. The van der Waals surface area contributed by atoms with Crippen LogP contribution in [0.1, 0.15) is 38.3 Å². The van der Waals surface area contributed by atoms with Crippen LogP contribution in [-0.4, -0.2) is 29.6 Å². The molecule has 8 heteroatoms. The molecule has 5 nitrogen and oxygen atoms in total. The highest BCUT2D eigenvalue weighted by Crippen LogP contribution is 2.43. The van der Waals surface area contributed by atoms with Gasteiger partial charge in [-0.05, 0) is 23.3 Å². The number of nitrogens with zero attached hydrogens (tertiary/aromatic N) is 1. The first-order valence-electron chi connectivity index (χ1n) is 9.89. The van der Waals surface area contributed by atoms with Crippen molar-refractivity contribution in [3.05, 3.63) is 65.7 Å². The summed E-state index contributed by atoms with van der Waals surface area (Å²) in [6.45, 7) is 5.09. The van der Waals surface area contributed by atoms with Crippen LogP contribution in [-0.2, 0) is 21.7 Å². The van der Waals surface area contributed by atoms with E-state index < -0.39 is 29.7 Å². The summed E-state index contributed by atoms with van der Waals surface area (Å²) in [5, 5.41) is 2.71. The molecule has 1 atom stereocenters. The highest BCUT2D eigenvalue weighted by molar-refractivity contribution is 5.94. The van der Waals surface area contributed by atoms with Crippen LogP contribution in [0.15, 0.2) is 54.6 Å². The summed E-state index contributed by atoms with van der Waals surface area (Å²) in [5.41, 5.74) is -1.26. The fourth-order valence-electron chi connectivity index (χ4n) is 3.43. The molecular formula is C23H25F3N2O3. The quantitative estimate of drug-likeness (QED) is 0.679. The Kier molecular flexibility index (Phi) is 6.02. The number of amides is 2. The lowest BCUT2D eigenvalue weighted by atomic mass is 9.89. The van der Waals surface area contributed by atoms with Crippen molar-refractivity contribution >= 4 is 17.7 Å².